The van der Waals surface area contributed by atoms with Crippen LogP contribution in [0.2, 0.25) is 0 Å². The Morgan fingerprint density at radius 2 is 1.74 bits per heavy atom. The molecule has 8 heteroatoms. The second-order valence-electron chi connectivity index (χ2n) is 6.33. The fraction of sp³-hybridized carbons (Fsp3) is 0.600. The maximum atomic E-state index is 13.1. The van der Waals surface area contributed by atoms with E-state index in [0.29, 0.717) is 13.0 Å². The molecule has 0 bridgehead atoms. The van der Waals surface area contributed by atoms with Crippen molar-refractivity contribution in [3.63, 3.8) is 0 Å². The first kappa shape index (κ1) is 16.7. The highest BCUT2D eigenvalue weighted by Crippen LogP contribution is 2.42. The molecular weight excluding hydrogens is 329 g/mol. The predicted molar refractivity (Wildman–Crippen MR) is 79.4 cm³/mol. The van der Waals surface area contributed by atoms with Crippen LogP contribution in [0.3, 0.4) is 0 Å². The normalized spacial score (nSPS) is 22.6. The monoisotopic (exact) mass is 348 g/mol. The summed E-state index contributed by atoms with van der Waals surface area (Å²) >= 11 is 0. The summed E-state index contributed by atoms with van der Waals surface area (Å²) in [5.74, 6) is 0. The van der Waals surface area contributed by atoms with Gasteiger partial charge >= 0.3 is 6.18 Å². The van der Waals surface area contributed by atoms with Gasteiger partial charge in [-0.15, -0.1) is 0 Å². The van der Waals surface area contributed by atoms with Crippen LogP contribution < -0.4 is 5.32 Å². The molecule has 0 saturated carbocycles. The maximum absolute atomic E-state index is 13.1. The Kier molecular flexibility index (Phi) is 4.18. The molecule has 0 atom stereocenters. The summed E-state index contributed by atoms with van der Waals surface area (Å²) in [5.41, 5.74) is -1.18. The van der Waals surface area contributed by atoms with E-state index in [9.17, 15) is 21.6 Å². The first-order chi connectivity index (χ1) is 10.7. The highest BCUT2D eigenvalue weighted by atomic mass is 32.2. The van der Waals surface area contributed by atoms with E-state index in [4.69, 9.17) is 0 Å². The number of rotatable bonds is 2. The number of nitrogens with one attached hydrogen (secondary N) is 1. The number of halogens is 3. The molecule has 0 aromatic heterocycles. The average molecular weight is 348 g/mol. The van der Waals surface area contributed by atoms with Gasteiger partial charge in [0.1, 0.15) is 0 Å². The van der Waals surface area contributed by atoms with E-state index in [-0.39, 0.29) is 12.0 Å². The zero-order valence-corrected chi connectivity index (χ0v) is 13.4. The van der Waals surface area contributed by atoms with Gasteiger partial charge in [-0.2, -0.15) is 17.5 Å². The molecule has 2 aliphatic heterocycles. The summed E-state index contributed by atoms with van der Waals surface area (Å²) in [6.45, 7) is 2.25. The summed E-state index contributed by atoms with van der Waals surface area (Å²) in [5, 5.41) is 3.23. The molecular formula is C15H19F3N2O2S. The van der Waals surface area contributed by atoms with Crippen LogP contribution in [0.25, 0.3) is 0 Å². The molecule has 1 aromatic rings. The SMILES string of the molecule is O=S(=O)(c1ccccc1C(F)(F)F)N1CCC2(CCNCC2)C1. The number of hydrogen-bond donors (Lipinski definition) is 1. The summed E-state index contributed by atoms with van der Waals surface area (Å²) in [6, 6.07) is 4.41. The fourth-order valence-corrected chi connectivity index (χ4v) is 5.30. The van der Waals surface area contributed by atoms with Crippen molar-refractivity contribution in [1.82, 2.24) is 9.62 Å². The Bertz CT molecular complexity index is 682. The number of alkyl halides is 3. The standard InChI is InChI=1S/C15H19F3N2O2S/c16-15(17,18)12-3-1-2-4-13(12)23(21,22)20-10-7-14(11-20)5-8-19-9-6-14/h1-4,19H,5-11H2. The Hall–Kier alpha value is -1.12. The molecule has 2 saturated heterocycles. The van der Waals surface area contributed by atoms with E-state index in [1.807, 2.05) is 0 Å². The minimum Gasteiger partial charge on any atom is -0.317 e. The van der Waals surface area contributed by atoms with Crippen LogP contribution in [0.4, 0.5) is 13.2 Å². The van der Waals surface area contributed by atoms with Crippen molar-refractivity contribution in [3.8, 4) is 0 Å². The Labute approximate surface area is 133 Å². The molecule has 128 valence electrons. The molecule has 0 amide bonds. The highest BCUT2D eigenvalue weighted by Gasteiger charge is 2.45. The van der Waals surface area contributed by atoms with Gasteiger partial charge < -0.3 is 5.32 Å². The molecule has 1 aromatic carbocycles. The summed E-state index contributed by atoms with van der Waals surface area (Å²) in [4.78, 5) is -0.640. The van der Waals surface area contributed by atoms with Crippen LogP contribution in [0, 0.1) is 5.41 Å². The fourth-order valence-electron chi connectivity index (χ4n) is 3.53. The summed E-state index contributed by atoms with van der Waals surface area (Å²) < 4.78 is 66.1. The van der Waals surface area contributed by atoms with Crippen LogP contribution in [0.15, 0.2) is 29.2 Å². The number of sulfonamides is 1. The van der Waals surface area contributed by atoms with Crippen molar-refractivity contribution >= 4 is 10.0 Å². The highest BCUT2D eigenvalue weighted by molar-refractivity contribution is 7.89. The van der Waals surface area contributed by atoms with Gasteiger partial charge in [0.05, 0.1) is 10.5 Å². The molecule has 1 N–H and O–H groups in total. The maximum Gasteiger partial charge on any atom is 0.417 e. The van der Waals surface area contributed by atoms with E-state index in [0.717, 1.165) is 38.1 Å². The molecule has 2 heterocycles. The molecule has 1 spiro atoms. The minimum absolute atomic E-state index is 0.0918. The Morgan fingerprint density at radius 3 is 2.39 bits per heavy atom. The lowest BCUT2D eigenvalue weighted by Crippen LogP contribution is -2.40. The van der Waals surface area contributed by atoms with Gasteiger partial charge in [-0.05, 0) is 49.9 Å². The van der Waals surface area contributed by atoms with Gasteiger partial charge in [-0.25, -0.2) is 8.42 Å². The van der Waals surface area contributed by atoms with Crippen LogP contribution in [-0.2, 0) is 16.2 Å². The van der Waals surface area contributed by atoms with E-state index >= 15 is 0 Å². The van der Waals surface area contributed by atoms with Crippen molar-refractivity contribution in [2.24, 2.45) is 5.41 Å². The van der Waals surface area contributed by atoms with E-state index in [2.05, 4.69) is 5.32 Å². The predicted octanol–water partition coefficient (Wildman–Crippen LogP) is 2.47. The van der Waals surface area contributed by atoms with Gasteiger partial charge in [0.25, 0.3) is 0 Å². The van der Waals surface area contributed by atoms with Crippen molar-refractivity contribution in [2.45, 2.75) is 30.3 Å². The lowest BCUT2D eigenvalue weighted by molar-refractivity contribution is -0.139. The molecule has 0 aliphatic carbocycles. The number of hydrogen-bond acceptors (Lipinski definition) is 3. The van der Waals surface area contributed by atoms with Crippen molar-refractivity contribution in [1.29, 1.82) is 0 Å². The first-order valence-electron chi connectivity index (χ1n) is 7.62. The third-order valence-corrected chi connectivity index (χ3v) is 6.78. The lowest BCUT2D eigenvalue weighted by atomic mass is 9.78. The van der Waals surface area contributed by atoms with Crippen LogP contribution in [0.5, 0.6) is 0 Å². The third-order valence-electron chi connectivity index (χ3n) is 4.88. The smallest absolute Gasteiger partial charge is 0.317 e. The number of piperidine rings is 1. The number of nitrogens with zero attached hydrogens (tertiary/aromatic N) is 1. The van der Waals surface area contributed by atoms with Crippen molar-refractivity contribution < 1.29 is 21.6 Å². The summed E-state index contributed by atoms with van der Waals surface area (Å²) in [7, 11) is -4.13. The molecule has 3 rings (SSSR count). The summed E-state index contributed by atoms with van der Waals surface area (Å²) in [6.07, 6.45) is -2.25. The van der Waals surface area contributed by atoms with Gasteiger partial charge in [0.15, 0.2) is 0 Å². The zero-order chi connectivity index (χ0) is 16.7. The van der Waals surface area contributed by atoms with Crippen molar-refractivity contribution in [3.05, 3.63) is 29.8 Å². The molecule has 23 heavy (non-hydrogen) atoms. The van der Waals surface area contributed by atoms with Gasteiger partial charge in [0, 0.05) is 13.1 Å². The Morgan fingerprint density at radius 1 is 1.09 bits per heavy atom. The second-order valence-corrected chi connectivity index (χ2v) is 8.24. The van der Waals surface area contributed by atoms with Crippen LogP contribution in [-0.4, -0.2) is 38.9 Å². The van der Waals surface area contributed by atoms with E-state index < -0.39 is 26.7 Å². The quantitative estimate of drug-likeness (QED) is 0.893. The molecule has 2 aliphatic rings. The molecule has 0 radical (unpaired) electrons. The largest absolute Gasteiger partial charge is 0.417 e. The lowest BCUT2D eigenvalue weighted by Gasteiger charge is -2.33. The minimum atomic E-state index is -4.68. The van der Waals surface area contributed by atoms with Crippen molar-refractivity contribution in [2.75, 3.05) is 26.2 Å². The van der Waals surface area contributed by atoms with E-state index in [1.54, 1.807) is 0 Å². The van der Waals surface area contributed by atoms with Crippen LogP contribution >= 0.6 is 0 Å². The molecule has 0 unspecified atom stereocenters. The topological polar surface area (TPSA) is 49.4 Å². The molecule has 2 fully saturated rings. The zero-order valence-electron chi connectivity index (χ0n) is 12.6. The average Bonchev–Trinajstić information content (AvgIpc) is 2.91. The first-order valence-corrected chi connectivity index (χ1v) is 9.06. The number of benzene rings is 1. The molecule has 4 nitrogen and oxygen atoms in total. The van der Waals surface area contributed by atoms with Gasteiger partial charge in [0.2, 0.25) is 10.0 Å². The van der Waals surface area contributed by atoms with Gasteiger partial charge in [-0.1, -0.05) is 12.1 Å². The third kappa shape index (κ3) is 3.12. The van der Waals surface area contributed by atoms with E-state index in [1.165, 1.54) is 16.4 Å². The Balaban J connectivity index is 1.92. The second kappa shape index (κ2) is 5.75. The van der Waals surface area contributed by atoms with Gasteiger partial charge in [-0.3, -0.25) is 0 Å². The van der Waals surface area contributed by atoms with Crippen LogP contribution in [0.1, 0.15) is 24.8 Å².